The minimum atomic E-state index is -3.07. The lowest BCUT2D eigenvalue weighted by Gasteiger charge is -2.23. The summed E-state index contributed by atoms with van der Waals surface area (Å²) >= 11 is 0. The fourth-order valence-corrected chi connectivity index (χ4v) is 5.38. The lowest BCUT2D eigenvalue weighted by Crippen LogP contribution is -2.26. The van der Waals surface area contributed by atoms with E-state index in [1.54, 1.807) is 0 Å². The van der Waals surface area contributed by atoms with Gasteiger partial charge in [0, 0.05) is 0 Å². The number of hydrogen-bond acceptors (Lipinski definition) is 3. The summed E-state index contributed by atoms with van der Waals surface area (Å²) in [7, 11) is -3.07. The molecule has 4 aromatic rings. The van der Waals surface area contributed by atoms with E-state index in [0.29, 0.717) is 17.2 Å². The molecule has 0 saturated carbocycles. The predicted molar refractivity (Wildman–Crippen MR) is 133 cm³/mol. The molecule has 4 heteroatoms. The van der Waals surface area contributed by atoms with Crippen molar-refractivity contribution in [3.63, 3.8) is 0 Å². The molecule has 4 aromatic carbocycles. The molecular formula is C28H28O3P+. The van der Waals surface area contributed by atoms with Crippen molar-refractivity contribution in [1.29, 1.82) is 0 Å². The van der Waals surface area contributed by atoms with Gasteiger partial charge in [-0.3, -0.25) is 13.6 Å². The zero-order valence-electron chi connectivity index (χ0n) is 18.6. The van der Waals surface area contributed by atoms with Crippen LogP contribution in [0.1, 0.15) is 26.3 Å². The van der Waals surface area contributed by atoms with Gasteiger partial charge in [-0.05, 0) is 59.5 Å². The summed E-state index contributed by atoms with van der Waals surface area (Å²) in [6.07, 6.45) is 0. The van der Waals surface area contributed by atoms with E-state index in [2.05, 4.69) is 32.9 Å². The normalized spacial score (nSPS) is 11.6. The summed E-state index contributed by atoms with van der Waals surface area (Å²) in [6, 6.07) is 37.4. The van der Waals surface area contributed by atoms with E-state index >= 15 is 0 Å². The second kappa shape index (κ2) is 9.46. The molecule has 0 aliphatic rings. The molecule has 0 aliphatic carbocycles. The first-order valence-electron chi connectivity index (χ1n) is 10.7. The molecule has 0 fully saturated rings. The number of para-hydroxylation sites is 2. The third kappa shape index (κ3) is 5.30. The van der Waals surface area contributed by atoms with Gasteiger partial charge in [-0.1, -0.05) is 87.5 Å². The summed E-state index contributed by atoms with van der Waals surface area (Å²) in [6.45, 7) is 6.59. The molecule has 0 spiro atoms. The molecule has 0 N–H and O–H groups in total. The van der Waals surface area contributed by atoms with Crippen molar-refractivity contribution in [2.24, 2.45) is 0 Å². The van der Waals surface area contributed by atoms with Gasteiger partial charge in [0.2, 0.25) is 5.30 Å². The standard InChI is InChI=1S/C28H28O3P/c1-28(2,3)23-19-21-26(22-20-23)31-32(27-17-11-6-12-18-27,29-24-13-7-4-8-14-24)30-25-15-9-5-10-16-25/h4-22H,1-3H3/q+1. The SMILES string of the molecule is CC(C)(C)c1ccc(O[P+](Oc2ccccc2)(Oc2ccccc2)c2ccccc2)cc1. The summed E-state index contributed by atoms with van der Waals surface area (Å²) in [5, 5.41) is 0.854. The summed E-state index contributed by atoms with van der Waals surface area (Å²) in [4.78, 5) is 0. The average molecular weight is 444 g/mol. The highest BCUT2D eigenvalue weighted by Gasteiger charge is 2.53. The lowest BCUT2D eigenvalue weighted by atomic mass is 9.87. The van der Waals surface area contributed by atoms with Crippen molar-refractivity contribution < 1.29 is 13.6 Å². The van der Waals surface area contributed by atoms with Gasteiger partial charge in [0.1, 0.15) is 0 Å². The lowest BCUT2D eigenvalue weighted by molar-refractivity contribution is 0.369. The minimum absolute atomic E-state index is 0.0608. The first kappa shape index (κ1) is 21.9. The van der Waals surface area contributed by atoms with Crippen LogP contribution in [0.4, 0.5) is 0 Å². The molecule has 0 amide bonds. The van der Waals surface area contributed by atoms with E-state index < -0.39 is 7.94 Å². The average Bonchev–Trinajstić information content (AvgIpc) is 2.81. The van der Waals surface area contributed by atoms with E-state index in [4.69, 9.17) is 13.6 Å². The van der Waals surface area contributed by atoms with Crippen LogP contribution in [0, 0.1) is 0 Å². The van der Waals surface area contributed by atoms with Gasteiger partial charge in [-0.25, -0.2) is 0 Å². The van der Waals surface area contributed by atoms with Gasteiger partial charge in [0.05, 0.1) is 0 Å². The molecule has 3 nitrogen and oxygen atoms in total. The Morgan fingerprint density at radius 1 is 0.469 bits per heavy atom. The predicted octanol–water partition coefficient (Wildman–Crippen LogP) is 7.61. The maximum atomic E-state index is 6.63. The van der Waals surface area contributed by atoms with E-state index in [1.807, 2.05) is 103 Å². The molecule has 0 atom stereocenters. The zero-order valence-corrected chi connectivity index (χ0v) is 19.5. The Morgan fingerprint density at radius 2 is 0.844 bits per heavy atom. The van der Waals surface area contributed by atoms with Crippen LogP contribution in [0.2, 0.25) is 0 Å². The number of hydrogen-bond donors (Lipinski definition) is 0. The van der Waals surface area contributed by atoms with E-state index in [1.165, 1.54) is 5.56 Å². The van der Waals surface area contributed by atoms with Gasteiger partial charge < -0.3 is 0 Å². The zero-order chi connectivity index (χ0) is 22.4. The second-order valence-electron chi connectivity index (χ2n) is 8.51. The molecule has 0 radical (unpaired) electrons. The van der Waals surface area contributed by atoms with Crippen LogP contribution in [0.15, 0.2) is 115 Å². The van der Waals surface area contributed by atoms with Gasteiger partial charge in [-0.15, -0.1) is 0 Å². The Hall–Kier alpha value is -3.29. The van der Waals surface area contributed by atoms with Crippen LogP contribution >= 0.6 is 7.94 Å². The van der Waals surface area contributed by atoms with E-state index in [-0.39, 0.29) is 5.41 Å². The maximum Gasteiger partial charge on any atom is 0.580 e. The maximum absolute atomic E-state index is 6.63. The number of benzene rings is 4. The Kier molecular flexibility index (Phi) is 6.48. The third-order valence-electron chi connectivity index (χ3n) is 4.96. The van der Waals surface area contributed by atoms with Crippen LogP contribution < -0.4 is 18.9 Å². The largest absolute Gasteiger partial charge is 0.580 e. The molecule has 32 heavy (non-hydrogen) atoms. The van der Waals surface area contributed by atoms with Crippen LogP contribution in [0.3, 0.4) is 0 Å². The van der Waals surface area contributed by atoms with Crippen molar-refractivity contribution in [3.05, 3.63) is 121 Å². The van der Waals surface area contributed by atoms with Gasteiger partial charge in [0.15, 0.2) is 17.2 Å². The molecule has 0 unspecified atom stereocenters. The fraction of sp³-hybridized carbons (Fsp3) is 0.143. The highest BCUT2D eigenvalue weighted by Crippen LogP contribution is 2.59. The van der Waals surface area contributed by atoms with Crippen molar-refractivity contribution in [2.75, 3.05) is 0 Å². The molecule has 0 heterocycles. The van der Waals surface area contributed by atoms with Crippen molar-refractivity contribution in [3.8, 4) is 17.2 Å². The van der Waals surface area contributed by atoms with Crippen molar-refractivity contribution >= 4 is 13.2 Å². The van der Waals surface area contributed by atoms with Gasteiger partial charge in [-0.2, -0.15) is 0 Å². The number of rotatable bonds is 7. The molecule has 0 aliphatic heterocycles. The topological polar surface area (TPSA) is 27.7 Å². The molecule has 162 valence electrons. The van der Waals surface area contributed by atoms with E-state index in [9.17, 15) is 0 Å². The summed E-state index contributed by atoms with van der Waals surface area (Å²) in [5.41, 5.74) is 1.30. The molecular weight excluding hydrogens is 415 g/mol. The van der Waals surface area contributed by atoms with Crippen LogP contribution in [0.25, 0.3) is 0 Å². The first-order chi connectivity index (χ1) is 15.4. The van der Waals surface area contributed by atoms with Crippen LogP contribution in [0.5, 0.6) is 17.2 Å². The Bertz CT molecular complexity index is 1060. The van der Waals surface area contributed by atoms with Crippen molar-refractivity contribution in [1.82, 2.24) is 0 Å². The highest BCUT2D eigenvalue weighted by molar-refractivity contribution is 7.70. The smallest absolute Gasteiger partial charge is 0.268 e. The molecule has 0 bridgehead atoms. The fourth-order valence-electron chi connectivity index (χ4n) is 3.22. The molecule has 0 aromatic heterocycles. The Labute approximate surface area is 191 Å². The summed E-state index contributed by atoms with van der Waals surface area (Å²) < 4.78 is 19.8. The van der Waals surface area contributed by atoms with Crippen LogP contribution in [-0.2, 0) is 5.41 Å². The Balaban J connectivity index is 1.79. The first-order valence-corrected chi connectivity index (χ1v) is 12.2. The minimum Gasteiger partial charge on any atom is -0.268 e. The Morgan fingerprint density at radius 3 is 1.25 bits per heavy atom. The highest BCUT2D eigenvalue weighted by atomic mass is 31.2. The quantitative estimate of drug-likeness (QED) is 0.275. The third-order valence-corrected chi connectivity index (χ3v) is 7.24. The van der Waals surface area contributed by atoms with Gasteiger partial charge >= 0.3 is 7.94 Å². The van der Waals surface area contributed by atoms with Gasteiger partial charge in [0.25, 0.3) is 0 Å². The monoisotopic (exact) mass is 443 g/mol. The van der Waals surface area contributed by atoms with E-state index in [0.717, 1.165) is 5.30 Å². The van der Waals surface area contributed by atoms with Crippen LogP contribution in [-0.4, -0.2) is 0 Å². The summed E-state index contributed by atoms with van der Waals surface area (Å²) in [5.74, 6) is 2.07. The van der Waals surface area contributed by atoms with Crippen molar-refractivity contribution in [2.45, 2.75) is 26.2 Å². The molecule has 4 rings (SSSR count). The molecule has 0 saturated heterocycles. The second-order valence-corrected chi connectivity index (χ2v) is 10.6.